The Labute approximate surface area is 114 Å². The van der Waals surface area contributed by atoms with E-state index in [2.05, 4.69) is 5.32 Å². The Bertz CT molecular complexity index is 492. The molecule has 104 valence electrons. The highest BCUT2D eigenvalue weighted by Gasteiger charge is 2.30. The van der Waals surface area contributed by atoms with Crippen molar-refractivity contribution < 1.29 is 8.42 Å². The van der Waals surface area contributed by atoms with Gasteiger partial charge in [0.1, 0.15) is 4.90 Å². The predicted molar refractivity (Wildman–Crippen MR) is 76.5 cm³/mol. The third kappa shape index (κ3) is 2.93. The number of rotatable bonds is 6. The highest BCUT2D eigenvalue weighted by atomic mass is 32.2. The Balaban J connectivity index is 3.31. The van der Waals surface area contributed by atoms with Gasteiger partial charge in [0.2, 0.25) is 10.0 Å². The van der Waals surface area contributed by atoms with Crippen molar-refractivity contribution in [2.75, 3.05) is 13.6 Å². The molecule has 1 N–H and O–H groups in total. The summed E-state index contributed by atoms with van der Waals surface area (Å²) in [6, 6.07) is -0.0262. The predicted octanol–water partition coefficient (Wildman–Crippen LogP) is 2.19. The lowest BCUT2D eigenvalue weighted by atomic mass is 10.3. The molecule has 0 spiro atoms. The SMILES string of the molecule is CCN(C(C)C)S(=O)(=O)c1c(C)csc1CNC. The second-order valence-electron chi connectivity index (χ2n) is 4.50. The van der Waals surface area contributed by atoms with Crippen LogP contribution >= 0.6 is 11.3 Å². The molecule has 0 unspecified atom stereocenters. The minimum atomic E-state index is -3.39. The number of sulfonamides is 1. The summed E-state index contributed by atoms with van der Waals surface area (Å²) >= 11 is 1.50. The molecule has 0 saturated carbocycles. The molecule has 0 aliphatic carbocycles. The summed E-state index contributed by atoms with van der Waals surface area (Å²) in [5.41, 5.74) is 0.837. The Morgan fingerprint density at radius 3 is 2.50 bits per heavy atom. The summed E-state index contributed by atoms with van der Waals surface area (Å²) in [6.07, 6.45) is 0. The van der Waals surface area contributed by atoms with E-state index in [1.165, 1.54) is 11.3 Å². The fourth-order valence-electron chi connectivity index (χ4n) is 2.05. The average Bonchev–Trinajstić information content (AvgIpc) is 2.60. The highest BCUT2D eigenvalue weighted by Crippen LogP contribution is 2.30. The summed E-state index contributed by atoms with van der Waals surface area (Å²) in [7, 11) is -1.56. The molecule has 0 fully saturated rings. The van der Waals surface area contributed by atoms with Gasteiger partial charge >= 0.3 is 0 Å². The van der Waals surface area contributed by atoms with E-state index in [9.17, 15) is 8.42 Å². The molecule has 6 heteroatoms. The number of thiophene rings is 1. The first kappa shape index (κ1) is 15.6. The van der Waals surface area contributed by atoms with Crippen LogP contribution in [0.5, 0.6) is 0 Å². The fraction of sp³-hybridized carbons (Fsp3) is 0.667. The maximum absolute atomic E-state index is 12.7. The maximum Gasteiger partial charge on any atom is 0.244 e. The van der Waals surface area contributed by atoms with Gasteiger partial charge in [-0.05, 0) is 38.8 Å². The molecule has 1 aromatic rings. The summed E-state index contributed by atoms with van der Waals surface area (Å²) in [5.74, 6) is 0. The van der Waals surface area contributed by atoms with Crippen LogP contribution < -0.4 is 5.32 Å². The molecular weight excluding hydrogens is 268 g/mol. The lowest BCUT2D eigenvalue weighted by Crippen LogP contribution is -2.37. The van der Waals surface area contributed by atoms with Crippen molar-refractivity contribution in [3.05, 3.63) is 15.8 Å². The first-order valence-corrected chi connectivity index (χ1v) is 8.41. The van der Waals surface area contributed by atoms with Gasteiger partial charge in [-0.2, -0.15) is 4.31 Å². The van der Waals surface area contributed by atoms with E-state index in [0.717, 1.165) is 10.4 Å². The third-order valence-electron chi connectivity index (χ3n) is 2.78. The van der Waals surface area contributed by atoms with Crippen LogP contribution in [0, 0.1) is 6.92 Å². The van der Waals surface area contributed by atoms with Crippen molar-refractivity contribution >= 4 is 21.4 Å². The molecule has 0 aromatic carbocycles. The van der Waals surface area contributed by atoms with E-state index in [1.54, 1.807) is 4.31 Å². The van der Waals surface area contributed by atoms with E-state index < -0.39 is 10.0 Å². The van der Waals surface area contributed by atoms with Crippen LogP contribution in [0.4, 0.5) is 0 Å². The first-order valence-electron chi connectivity index (χ1n) is 6.09. The molecule has 0 saturated heterocycles. The van der Waals surface area contributed by atoms with Crippen LogP contribution in [-0.4, -0.2) is 32.4 Å². The van der Waals surface area contributed by atoms with Crippen LogP contribution in [0.15, 0.2) is 10.3 Å². The van der Waals surface area contributed by atoms with Gasteiger partial charge in [-0.1, -0.05) is 6.92 Å². The van der Waals surface area contributed by atoms with Crippen LogP contribution in [0.3, 0.4) is 0 Å². The van der Waals surface area contributed by atoms with Crippen LogP contribution in [0.1, 0.15) is 31.2 Å². The maximum atomic E-state index is 12.7. The van der Waals surface area contributed by atoms with Gasteiger partial charge in [0.05, 0.1) is 0 Å². The van der Waals surface area contributed by atoms with Crippen molar-refractivity contribution in [2.45, 2.75) is 45.2 Å². The molecule has 1 aromatic heterocycles. The number of aryl methyl sites for hydroxylation is 1. The van der Waals surface area contributed by atoms with E-state index in [4.69, 9.17) is 0 Å². The van der Waals surface area contributed by atoms with Gasteiger partial charge in [-0.25, -0.2) is 8.42 Å². The zero-order chi connectivity index (χ0) is 13.9. The second kappa shape index (κ2) is 6.14. The Kier molecular flexibility index (Phi) is 5.33. The van der Waals surface area contributed by atoms with Crippen molar-refractivity contribution in [3.8, 4) is 0 Å². The van der Waals surface area contributed by atoms with Crippen molar-refractivity contribution in [3.63, 3.8) is 0 Å². The lowest BCUT2D eigenvalue weighted by Gasteiger charge is -2.25. The number of hydrogen-bond donors (Lipinski definition) is 1. The van der Waals surface area contributed by atoms with Gasteiger partial charge in [-0.15, -0.1) is 11.3 Å². The monoisotopic (exact) mass is 290 g/mol. The Morgan fingerprint density at radius 2 is 2.06 bits per heavy atom. The normalized spacial score (nSPS) is 12.6. The molecule has 0 aliphatic heterocycles. The molecule has 1 heterocycles. The minimum absolute atomic E-state index is 0.0262. The zero-order valence-corrected chi connectivity index (χ0v) is 13.3. The van der Waals surface area contributed by atoms with Gasteiger partial charge in [-0.3, -0.25) is 0 Å². The topological polar surface area (TPSA) is 49.4 Å². The summed E-state index contributed by atoms with van der Waals surface area (Å²) < 4.78 is 26.9. The van der Waals surface area contributed by atoms with Gasteiger partial charge in [0.15, 0.2) is 0 Å². The second-order valence-corrected chi connectivity index (χ2v) is 7.30. The zero-order valence-electron chi connectivity index (χ0n) is 11.6. The molecule has 1 rings (SSSR count). The molecule has 0 bridgehead atoms. The third-order valence-corrected chi connectivity index (χ3v) is 6.40. The van der Waals surface area contributed by atoms with Crippen molar-refractivity contribution in [1.82, 2.24) is 9.62 Å². The summed E-state index contributed by atoms with van der Waals surface area (Å²) in [6.45, 7) is 8.62. The molecule has 4 nitrogen and oxygen atoms in total. The van der Waals surface area contributed by atoms with Gasteiger partial charge in [0.25, 0.3) is 0 Å². The van der Waals surface area contributed by atoms with E-state index in [1.807, 2.05) is 40.1 Å². The van der Waals surface area contributed by atoms with Crippen LogP contribution in [0.2, 0.25) is 0 Å². The quantitative estimate of drug-likeness (QED) is 0.874. The molecule has 0 radical (unpaired) electrons. The lowest BCUT2D eigenvalue weighted by molar-refractivity contribution is 0.368. The molecule has 0 aliphatic rings. The van der Waals surface area contributed by atoms with Gasteiger partial charge in [0, 0.05) is 24.0 Å². The van der Waals surface area contributed by atoms with Crippen molar-refractivity contribution in [2.24, 2.45) is 0 Å². The smallest absolute Gasteiger partial charge is 0.244 e. The van der Waals surface area contributed by atoms with Crippen molar-refractivity contribution in [1.29, 1.82) is 0 Å². The Morgan fingerprint density at radius 1 is 1.44 bits per heavy atom. The van der Waals surface area contributed by atoms with E-state index in [-0.39, 0.29) is 6.04 Å². The number of hydrogen-bond acceptors (Lipinski definition) is 4. The number of nitrogens with one attached hydrogen (secondary N) is 1. The standard InChI is InChI=1S/C12H22N2O2S2/c1-6-14(9(2)3)18(15,16)12-10(4)8-17-11(12)7-13-5/h8-9,13H,6-7H2,1-5H3. The molecule has 0 atom stereocenters. The van der Waals surface area contributed by atoms with Crippen LogP contribution in [0.25, 0.3) is 0 Å². The minimum Gasteiger partial charge on any atom is -0.315 e. The largest absolute Gasteiger partial charge is 0.315 e. The summed E-state index contributed by atoms with van der Waals surface area (Å²) in [5, 5.41) is 4.93. The molecule has 0 amide bonds. The summed E-state index contributed by atoms with van der Waals surface area (Å²) in [4.78, 5) is 1.37. The number of nitrogens with zero attached hydrogens (tertiary/aromatic N) is 1. The highest BCUT2D eigenvalue weighted by molar-refractivity contribution is 7.89. The average molecular weight is 290 g/mol. The van der Waals surface area contributed by atoms with E-state index in [0.29, 0.717) is 18.0 Å². The first-order chi connectivity index (χ1) is 8.36. The molecular formula is C12H22N2O2S2. The Hall–Kier alpha value is -0.430. The molecule has 18 heavy (non-hydrogen) atoms. The fourth-order valence-corrected chi connectivity index (χ4v) is 5.47. The van der Waals surface area contributed by atoms with Crippen LogP contribution in [-0.2, 0) is 16.6 Å². The van der Waals surface area contributed by atoms with Gasteiger partial charge < -0.3 is 5.32 Å². The van der Waals surface area contributed by atoms with E-state index >= 15 is 0 Å².